The van der Waals surface area contributed by atoms with E-state index in [9.17, 15) is 4.79 Å². The Labute approximate surface area is 101 Å². The number of aromatic nitrogens is 1. The van der Waals surface area contributed by atoms with Crippen LogP contribution in [0.5, 0.6) is 0 Å². The lowest BCUT2D eigenvalue weighted by atomic mass is 9.84. The van der Waals surface area contributed by atoms with Gasteiger partial charge in [0.15, 0.2) is 0 Å². The van der Waals surface area contributed by atoms with Crippen LogP contribution < -0.4 is 10.2 Å². The highest BCUT2D eigenvalue weighted by atomic mass is 16.2. The molecule has 1 saturated heterocycles. The maximum absolute atomic E-state index is 11.7. The zero-order valence-corrected chi connectivity index (χ0v) is 9.80. The van der Waals surface area contributed by atoms with Gasteiger partial charge in [0, 0.05) is 25.2 Å². The van der Waals surface area contributed by atoms with E-state index in [1.807, 2.05) is 18.2 Å². The maximum Gasteiger partial charge on any atom is 0.223 e. The molecule has 0 spiro atoms. The summed E-state index contributed by atoms with van der Waals surface area (Å²) in [6.45, 7) is 1.77. The molecule has 2 heterocycles. The Morgan fingerprint density at radius 2 is 2.18 bits per heavy atom. The van der Waals surface area contributed by atoms with Crippen molar-refractivity contribution in [2.24, 2.45) is 5.92 Å². The summed E-state index contributed by atoms with van der Waals surface area (Å²) in [7, 11) is 0. The lowest BCUT2D eigenvalue weighted by Gasteiger charge is -2.41. The molecule has 0 bridgehead atoms. The molecule has 1 aliphatic carbocycles. The van der Waals surface area contributed by atoms with Crippen LogP contribution in [0.4, 0.5) is 5.82 Å². The first-order valence-corrected chi connectivity index (χ1v) is 6.29. The van der Waals surface area contributed by atoms with Crippen molar-refractivity contribution >= 4 is 11.7 Å². The number of amides is 1. The Balaban J connectivity index is 1.47. The zero-order valence-electron chi connectivity index (χ0n) is 9.80. The molecule has 90 valence electrons. The van der Waals surface area contributed by atoms with Crippen molar-refractivity contribution in [3.63, 3.8) is 0 Å². The van der Waals surface area contributed by atoms with Crippen LogP contribution in [-0.2, 0) is 4.79 Å². The number of hydrogen-bond donors (Lipinski definition) is 1. The zero-order chi connectivity index (χ0) is 11.7. The second-order valence-corrected chi connectivity index (χ2v) is 4.93. The molecule has 1 saturated carbocycles. The lowest BCUT2D eigenvalue weighted by Crippen LogP contribution is -2.60. The van der Waals surface area contributed by atoms with Crippen molar-refractivity contribution in [2.75, 3.05) is 18.0 Å². The second kappa shape index (κ2) is 4.35. The Morgan fingerprint density at radius 3 is 2.76 bits per heavy atom. The van der Waals surface area contributed by atoms with Gasteiger partial charge in [0.1, 0.15) is 5.82 Å². The summed E-state index contributed by atoms with van der Waals surface area (Å²) in [5.74, 6) is 1.54. The first-order valence-electron chi connectivity index (χ1n) is 6.29. The molecule has 1 aliphatic heterocycles. The van der Waals surface area contributed by atoms with Gasteiger partial charge in [-0.15, -0.1) is 0 Å². The van der Waals surface area contributed by atoms with E-state index in [1.54, 1.807) is 6.20 Å². The number of nitrogens with one attached hydrogen (secondary N) is 1. The third-order valence-electron chi connectivity index (χ3n) is 3.68. The molecule has 17 heavy (non-hydrogen) atoms. The highest BCUT2D eigenvalue weighted by Gasteiger charge is 2.32. The fourth-order valence-electron chi connectivity index (χ4n) is 2.29. The molecule has 0 radical (unpaired) electrons. The van der Waals surface area contributed by atoms with E-state index in [0.29, 0.717) is 12.0 Å². The molecule has 1 aromatic heterocycles. The van der Waals surface area contributed by atoms with Gasteiger partial charge in [-0.1, -0.05) is 12.5 Å². The number of pyridine rings is 1. The number of nitrogens with zero attached hydrogens (tertiary/aromatic N) is 2. The van der Waals surface area contributed by atoms with Crippen molar-refractivity contribution in [1.29, 1.82) is 0 Å². The van der Waals surface area contributed by atoms with Gasteiger partial charge < -0.3 is 10.2 Å². The van der Waals surface area contributed by atoms with Gasteiger partial charge >= 0.3 is 0 Å². The van der Waals surface area contributed by atoms with Crippen LogP contribution in [0.25, 0.3) is 0 Å². The van der Waals surface area contributed by atoms with Crippen LogP contribution in [0.2, 0.25) is 0 Å². The van der Waals surface area contributed by atoms with Crippen LogP contribution in [0.1, 0.15) is 19.3 Å². The van der Waals surface area contributed by atoms with Crippen LogP contribution in [0, 0.1) is 5.92 Å². The number of hydrogen-bond acceptors (Lipinski definition) is 3. The van der Waals surface area contributed by atoms with E-state index >= 15 is 0 Å². The molecule has 2 aliphatic rings. The van der Waals surface area contributed by atoms with E-state index in [2.05, 4.69) is 15.2 Å². The molecule has 0 unspecified atom stereocenters. The molecule has 3 rings (SSSR count). The minimum absolute atomic E-state index is 0.252. The average molecular weight is 231 g/mol. The SMILES string of the molecule is O=C(NC1CN(c2ccccn2)C1)C1CCC1. The summed E-state index contributed by atoms with van der Waals surface area (Å²) in [5.41, 5.74) is 0. The van der Waals surface area contributed by atoms with Gasteiger partial charge in [-0.3, -0.25) is 4.79 Å². The summed E-state index contributed by atoms with van der Waals surface area (Å²) in [4.78, 5) is 18.2. The van der Waals surface area contributed by atoms with Crippen molar-refractivity contribution in [3.8, 4) is 0 Å². The van der Waals surface area contributed by atoms with E-state index in [-0.39, 0.29) is 5.91 Å². The smallest absolute Gasteiger partial charge is 0.223 e. The number of carbonyl (C=O) groups is 1. The summed E-state index contributed by atoms with van der Waals surface area (Å²) in [5, 5.41) is 3.11. The van der Waals surface area contributed by atoms with Gasteiger partial charge in [-0.05, 0) is 25.0 Å². The largest absolute Gasteiger partial charge is 0.352 e. The second-order valence-electron chi connectivity index (χ2n) is 4.93. The molecule has 0 aromatic carbocycles. The van der Waals surface area contributed by atoms with Crippen LogP contribution >= 0.6 is 0 Å². The predicted molar refractivity (Wildman–Crippen MR) is 65.7 cm³/mol. The Bertz CT molecular complexity index is 396. The predicted octanol–water partition coefficient (Wildman–Crippen LogP) is 1.19. The number of rotatable bonds is 3. The van der Waals surface area contributed by atoms with Crippen LogP contribution in [0.15, 0.2) is 24.4 Å². The fourth-order valence-corrected chi connectivity index (χ4v) is 2.29. The molecule has 4 nitrogen and oxygen atoms in total. The summed E-state index contributed by atoms with van der Waals surface area (Å²) < 4.78 is 0. The van der Waals surface area contributed by atoms with E-state index in [4.69, 9.17) is 0 Å². The Kier molecular flexibility index (Phi) is 2.71. The average Bonchev–Trinajstić information content (AvgIpc) is 2.21. The molecule has 2 fully saturated rings. The topological polar surface area (TPSA) is 45.2 Å². The summed E-state index contributed by atoms with van der Waals surface area (Å²) in [6.07, 6.45) is 5.16. The number of carbonyl (C=O) groups excluding carboxylic acids is 1. The van der Waals surface area contributed by atoms with Gasteiger partial charge in [-0.25, -0.2) is 4.98 Å². The highest BCUT2D eigenvalue weighted by molar-refractivity contribution is 5.80. The van der Waals surface area contributed by atoms with Crippen LogP contribution in [-0.4, -0.2) is 30.0 Å². The number of anilines is 1. The highest BCUT2D eigenvalue weighted by Crippen LogP contribution is 2.27. The molecule has 1 aromatic rings. The first kappa shape index (κ1) is 10.6. The van der Waals surface area contributed by atoms with E-state index in [0.717, 1.165) is 31.7 Å². The fraction of sp³-hybridized carbons (Fsp3) is 0.538. The van der Waals surface area contributed by atoms with E-state index < -0.39 is 0 Å². The molecule has 1 amide bonds. The van der Waals surface area contributed by atoms with Crippen molar-refractivity contribution in [2.45, 2.75) is 25.3 Å². The molecular formula is C13H17N3O. The minimum Gasteiger partial charge on any atom is -0.352 e. The monoisotopic (exact) mass is 231 g/mol. The quantitative estimate of drug-likeness (QED) is 0.849. The van der Waals surface area contributed by atoms with Gasteiger partial charge in [0.05, 0.1) is 6.04 Å². The molecular weight excluding hydrogens is 214 g/mol. The van der Waals surface area contributed by atoms with E-state index in [1.165, 1.54) is 6.42 Å². The summed E-state index contributed by atoms with van der Waals surface area (Å²) in [6, 6.07) is 6.22. The Hall–Kier alpha value is -1.58. The summed E-state index contributed by atoms with van der Waals surface area (Å²) >= 11 is 0. The molecule has 4 heteroatoms. The third-order valence-corrected chi connectivity index (χ3v) is 3.68. The normalized spacial score (nSPS) is 20.6. The van der Waals surface area contributed by atoms with Gasteiger partial charge in [0.2, 0.25) is 5.91 Å². The standard InChI is InChI=1S/C13H17N3O/c17-13(10-4-3-5-10)15-11-8-16(9-11)12-6-1-2-7-14-12/h1-2,6-7,10-11H,3-5,8-9H2,(H,15,17). The maximum atomic E-state index is 11.7. The first-order chi connectivity index (χ1) is 8.33. The minimum atomic E-state index is 0.252. The third kappa shape index (κ3) is 2.12. The van der Waals surface area contributed by atoms with Crippen LogP contribution in [0.3, 0.4) is 0 Å². The van der Waals surface area contributed by atoms with Crippen molar-refractivity contribution in [3.05, 3.63) is 24.4 Å². The lowest BCUT2D eigenvalue weighted by molar-refractivity contribution is -0.128. The Morgan fingerprint density at radius 1 is 1.35 bits per heavy atom. The van der Waals surface area contributed by atoms with Gasteiger partial charge in [-0.2, -0.15) is 0 Å². The molecule has 1 N–H and O–H groups in total. The van der Waals surface area contributed by atoms with Crippen molar-refractivity contribution < 1.29 is 4.79 Å². The van der Waals surface area contributed by atoms with Crippen molar-refractivity contribution in [1.82, 2.24) is 10.3 Å². The van der Waals surface area contributed by atoms with Gasteiger partial charge in [0.25, 0.3) is 0 Å². The molecule has 0 atom stereocenters.